The molecule has 1 aliphatic rings. The Balaban J connectivity index is 0.00000243. The van der Waals surface area contributed by atoms with Gasteiger partial charge in [0.25, 0.3) is 5.91 Å². The van der Waals surface area contributed by atoms with Crippen molar-refractivity contribution in [3.8, 4) is 5.75 Å². The molecule has 1 aliphatic heterocycles. The zero-order chi connectivity index (χ0) is 17.5. The van der Waals surface area contributed by atoms with Gasteiger partial charge >= 0.3 is 0 Å². The van der Waals surface area contributed by atoms with E-state index in [1.807, 2.05) is 35.1 Å². The largest absolute Gasteiger partial charge is 0.494 e. The molecule has 0 saturated carbocycles. The van der Waals surface area contributed by atoms with Gasteiger partial charge in [0.15, 0.2) is 0 Å². The van der Waals surface area contributed by atoms with E-state index in [9.17, 15) is 4.79 Å². The van der Waals surface area contributed by atoms with Gasteiger partial charge in [-0.25, -0.2) is 0 Å². The van der Waals surface area contributed by atoms with Crippen molar-refractivity contribution in [1.29, 1.82) is 0 Å². The molecular weight excluding hydrogens is 352 g/mol. The van der Waals surface area contributed by atoms with Gasteiger partial charge in [-0.3, -0.25) is 9.48 Å². The van der Waals surface area contributed by atoms with E-state index in [2.05, 4.69) is 22.7 Å². The summed E-state index contributed by atoms with van der Waals surface area (Å²) >= 11 is 0. The van der Waals surface area contributed by atoms with Gasteiger partial charge in [0.2, 0.25) is 0 Å². The molecule has 2 N–H and O–H groups in total. The average molecular weight is 379 g/mol. The van der Waals surface area contributed by atoms with Crippen LogP contribution in [0.25, 0.3) is 0 Å². The molecule has 1 unspecified atom stereocenters. The highest BCUT2D eigenvalue weighted by atomic mass is 35.5. The molecule has 0 bridgehead atoms. The Labute approximate surface area is 160 Å². The van der Waals surface area contributed by atoms with E-state index in [0.29, 0.717) is 18.3 Å². The van der Waals surface area contributed by atoms with Gasteiger partial charge in [0.1, 0.15) is 11.4 Å². The Morgan fingerprint density at radius 1 is 1.35 bits per heavy atom. The highest BCUT2D eigenvalue weighted by Gasteiger charge is 2.17. The summed E-state index contributed by atoms with van der Waals surface area (Å²) in [5.74, 6) is 0.714. The van der Waals surface area contributed by atoms with Crippen LogP contribution in [-0.2, 0) is 6.54 Å². The fraction of sp³-hybridized carbons (Fsp3) is 0.474. The standard InChI is InChI=1S/C19H26N4O2.ClH/c1-2-12-25-17-7-5-15(6-8-17)13-21-19(24)18-9-11-23(22-18)16-4-3-10-20-14-16;/h5-9,11,16,20H,2-4,10,12-14H2,1H3,(H,21,24);1H. The van der Waals surface area contributed by atoms with Crippen molar-refractivity contribution in [2.24, 2.45) is 0 Å². The molecule has 2 heterocycles. The molecule has 1 aromatic heterocycles. The maximum atomic E-state index is 12.3. The maximum Gasteiger partial charge on any atom is 0.272 e. The molecule has 0 spiro atoms. The van der Waals surface area contributed by atoms with Crippen LogP contribution in [0, 0.1) is 0 Å². The van der Waals surface area contributed by atoms with Gasteiger partial charge in [-0.2, -0.15) is 5.10 Å². The Morgan fingerprint density at radius 2 is 2.15 bits per heavy atom. The van der Waals surface area contributed by atoms with Crippen LogP contribution in [0.1, 0.15) is 48.3 Å². The summed E-state index contributed by atoms with van der Waals surface area (Å²) in [6.07, 6.45) is 5.13. The minimum absolute atomic E-state index is 0. The number of piperidine rings is 1. The second kappa shape index (κ2) is 10.2. The van der Waals surface area contributed by atoms with E-state index in [1.165, 1.54) is 0 Å². The molecule has 3 rings (SSSR count). The number of carbonyl (C=O) groups excluding carboxylic acids is 1. The minimum Gasteiger partial charge on any atom is -0.494 e. The lowest BCUT2D eigenvalue weighted by molar-refractivity contribution is 0.0944. The highest BCUT2D eigenvalue weighted by molar-refractivity contribution is 5.92. The van der Waals surface area contributed by atoms with Gasteiger partial charge in [-0.15, -0.1) is 12.4 Å². The lowest BCUT2D eigenvalue weighted by Gasteiger charge is -2.22. The molecule has 0 aliphatic carbocycles. The van der Waals surface area contributed by atoms with Gasteiger partial charge in [0, 0.05) is 19.3 Å². The van der Waals surface area contributed by atoms with Gasteiger partial charge < -0.3 is 15.4 Å². The Kier molecular flexibility index (Phi) is 7.94. The van der Waals surface area contributed by atoms with Crippen molar-refractivity contribution in [3.05, 3.63) is 47.8 Å². The van der Waals surface area contributed by atoms with Crippen LogP contribution in [0.4, 0.5) is 0 Å². The molecule has 6 nitrogen and oxygen atoms in total. The zero-order valence-electron chi connectivity index (χ0n) is 15.1. The number of benzene rings is 1. The van der Waals surface area contributed by atoms with Crippen molar-refractivity contribution in [1.82, 2.24) is 20.4 Å². The summed E-state index contributed by atoms with van der Waals surface area (Å²) in [6.45, 7) is 5.25. The Morgan fingerprint density at radius 3 is 2.85 bits per heavy atom. The zero-order valence-corrected chi connectivity index (χ0v) is 15.9. The van der Waals surface area contributed by atoms with Crippen molar-refractivity contribution < 1.29 is 9.53 Å². The van der Waals surface area contributed by atoms with E-state index in [-0.39, 0.29) is 18.3 Å². The normalized spacial score (nSPS) is 16.6. The van der Waals surface area contributed by atoms with Crippen LogP contribution in [0.3, 0.4) is 0 Å². The molecule has 1 saturated heterocycles. The third kappa shape index (κ3) is 5.47. The van der Waals surface area contributed by atoms with Gasteiger partial charge in [0.05, 0.1) is 12.6 Å². The highest BCUT2D eigenvalue weighted by Crippen LogP contribution is 2.16. The van der Waals surface area contributed by atoms with E-state index in [1.54, 1.807) is 6.07 Å². The number of aromatic nitrogens is 2. The van der Waals surface area contributed by atoms with Gasteiger partial charge in [-0.1, -0.05) is 19.1 Å². The van der Waals surface area contributed by atoms with Gasteiger partial charge in [-0.05, 0) is 49.6 Å². The summed E-state index contributed by atoms with van der Waals surface area (Å²) in [5, 5.41) is 10.7. The predicted octanol–water partition coefficient (Wildman–Crippen LogP) is 2.95. The van der Waals surface area contributed by atoms with Crippen LogP contribution in [0.2, 0.25) is 0 Å². The number of amides is 1. The number of carbonyl (C=O) groups is 1. The van der Waals surface area contributed by atoms with Crippen LogP contribution in [0.15, 0.2) is 36.5 Å². The number of hydrogen-bond donors (Lipinski definition) is 2. The molecule has 26 heavy (non-hydrogen) atoms. The number of nitrogens with one attached hydrogen (secondary N) is 2. The molecular formula is C19H27ClN4O2. The fourth-order valence-electron chi connectivity index (χ4n) is 2.92. The summed E-state index contributed by atoms with van der Waals surface area (Å²) in [5.41, 5.74) is 1.50. The predicted molar refractivity (Wildman–Crippen MR) is 104 cm³/mol. The number of rotatable bonds is 7. The molecule has 142 valence electrons. The van der Waals surface area contributed by atoms with E-state index < -0.39 is 0 Å². The number of ether oxygens (including phenoxy) is 1. The SMILES string of the molecule is CCCOc1ccc(CNC(=O)c2ccn(C3CCCNC3)n2)cc1.Cl. The van der Waals surface area contributed by atoms with Crippen molar-refractivity contribution >= 4 is 18.3 Å². The van der Waals surface area contributed by atoms with Crippen molar-refractivity contribution in [2.45, 2.75) is 38.8 Å². The monoisotopic (exact) mass is 378 g/mol. The first-order chi connectivity index (χ1) is 12.3. The first-order valence-electron chi connectivity index (χ1n) is 9.02. The molecule has 1 aromatic carbocycles. The molecule has 2 aromatic rings. The Bertz CT molecular complexity index is 681. The average Bonchev–Trinajstić information content (AvgIpc) is 3.16. The maximum absolute atomic E-state index is 12.3. The number of nitrogens with zero attached hydrogens (tertiary/aromatic N) is 2. The second-order valence-electron chi connectivity index (χ2n) is 6.36. The first-order valence-corrected chi connectivity index (χ1v) is 9.02. The molecule has 1 atom stereocenters. The van der Waals surface area contributed by atoms with Crippen molar-refractivity contribution in [2.75, 3.05) is 19.7 Å². The van der Waals surface area contributed by atoms with E-state index >= 15 is 0 Å². The smallest absolute Gasteiger partial charge is 0.272 e. The van der Waals surface area contributed by atoms with E-state index in [0.717, 1.165) is 50.3 Å². The van der Waals surface area contributed by atoms with Crippen LogP contribution >= 0.6 is 12.4 Å². The summed E-state index contributed by atoms with van der Waals surface area (Å²) in [4.78, 5) is 12.3. The summed E-state index contributed by atoms with van der Waals surface area (Å²) < 4.78 is 7.46. The number of halogens is 1. The summed E-state index contributed by atoms with van der Waals surface area (Å²) in [7, 11) is 0. The minimum atomic E-state index is -0.145. The fourth-order valence-corrected chi connectivity index (χ4v) is 2.92. The third-order valence-electron chi connectivity index (χ3n) is 4.34. The summed E-state index contributed by atoms with van der Waals surface area (Å²) in [6, 6.07) is 9.93. The third-order valence-corrected chi connectivity index (χ3v) is 4.34. The molecule has 7 heteroatoms. The lowest BCUT2D eigenvalue weighted by Crippen LogP contribution is -2.32. The van der Waals surface area contributed by atoms with Crippen molar-refractivity contribution in [3.63, 3.8) is 0 Å². The second-order valence-corrected chi connectivity index (χ2v) is 6.36. The Hall–Kier alpha value is -2.05. The molecule has 0 radical (unpaired) electrons. The van der Waals surface area contributed by atoms with Crippen LogP contribution in [0.5, 0.6) is 5.75 Å². The van der Waals surface area contributed by atoms with Crippen LogP contribution < -0.4 is 15.4 Å². The topological polar surface area (TPSA) is 68.2 Å². The number of hydrogen-bond acceptors (Lipinski definition) is 4. The molecule has 1 fully saturated rings. The van der Waals surface area contributed by atoms with Crippen LogP contribution in [-0.4, -0.2) is 35.4 Å². The quantitative estimate of drug-likeness (QED) is 0.777. The lowest BCUT2D eigenvalue weighted by atomic mass is 10.1. The first kappa shape index (κ1) is 20.3. The van der Waals surface area contributed by atoms with E-state index in [4.69, 9.17) is 4.74 Å². The molecule has 1 amide bonds.